The Morgan fingerprint density at radius 1 is 1.03 bits per heavy atom. The van der Waals surface area contributed by atoms with Crippen molar-refractivity contribution in [1.82, 2.24) is 10.2 Å². The summed E-state index contributed by atoms with van der Waals surface area (Å²) >= 11 is 0. The zero-order valence-electron chi connectivity index (χ0n) is 15.5. The van der Waals surface area contributed by atoms with Crippen molar-refractivity contribution in [3.8, 4) is 11.1 Å². The van der Waals surface area contributed by atoms with E-state index >= 15 is 0 Å². The van der Waals surface area contributed by atoms with E-state index < -0.39 is 11.7 Å². The van der Waals surface area contributed by atoms with Gasteiger partial charge < -0.3 is 14.6 Å². The summed E-state index contributed by atoms with van der Waals surface area (Å²) < 4.78 is 43.5. The first kappa shape index (κ1) is 19.1. The molecular weight excluding hydrogens is 381 g/mol. The number of fused-ring (bicyclic) bond motifs is 1. The molecule has 29 heavy (non-hydrogen) atoms. The van der Waals surface area contributed by atoms with Crippen LogP contribution in [0.1, 0.15) is 22.5 Å². The monoisotopic (exact) mass is 400 g/mol. The van der Waals surface area contributed by atoms with E-state index in [1.165, 1.54) is 12.1 Å². The first-order valence-electron chi connectivity index (χ1n) is 9.25. The molecular formula is C22H19F3N2O2. The van der Waals surface area contributed by atoms with E-state index in [0.29, 0.717) is 31.0 Å². The summed E-state index contributed by atoms with van der Waals surface area (Å²) in [6.45, 7) is 1.38. The normalized spacial score (nSPS) is 13.8. The zero-order valence-corrected chi connectivity index (χ0v) is 15.5. The summed E-state index contributed by atoms with van der Waals surface area (Å²) in [5.41, 5.74) is 3.02. The third kappa shape index (κ3) is 4.29. The number of rotatable bonds is 3. The molecule has 1 aliphatic rings. The molecule has 2 heterocycles. The lowest BCUT2D eigenvalue weighted by atomic mass is 9.94. The van der Waals surface area contributed by atoms with E-state index in [-0.39, 0.29) is 6.03 Å². The Morgan fingerprint density at radius 2 is 1.79 bits per heavy atom. The molecule has 0 atom stereocenters. The number of nitrogens with zero attached hydrogens (tertiary/aromatic N) is 1. The maximum Gasteiger partial charge on any atom is 0.416 e. The minimum atomic E-state index is -4.35. The number of halogens is 3. The number of carbonyl (C=O) groups is 1. The van der Waals surface area contributed by atoms with Crippen LogP contribution in [0.25, 0.3) is 11.1 Å². The van der Waals surface area contributed by atoms with E-state index in [1.54, 1.807) is 23.3 Å². The Morgan fingerprint density at radius 3 is 2.48 bits per heavy atom. The van der Waals surface area contributed by atoms with E-state index in [4.69, 9.17) is 4.42 Å². The Labute approximate surface area is 165 Å². The maximum absolute atomic E-state index is 12.8. The van der Waals surface area contributed by atoms with E-state index in [2.05, 4.69) is 5.32 Å². The van der Waals surface area contributed by atoms with Crippen molar-refractivity contribution in [2.24, 2.45) is 0 Å². The second-order valence-corrected chi connectivity index (χ2v) is 6.97. The highest BCUT2D eigenvalue weighted by molar-refractivity contribution is 5.75. The molecule has 4 rings (SSSR count). The molecule has 3 aromatic rings. The maximum atomic E-state index is 12.8. The van der Waals surface area contributed by atoms with Gasteiger partial charge in [-0.1, -0.05) is 24.3 Å². The second-order valence-electron chi connectivity index (χ2n) is 6.97. The van der Waals surface area contributed by atoms with Gasteiger partial charge >= 0.3 is 12.2 Å². The fourth-order valence-electron chi connectivity index (χ4n) is 3.45. The van der Waals surface area contributed by atoms with Gasteiger partial charge in [0, 0.05) is 13.1 Å². The molecule has 1 aromatic heterocycles. The first-order valence-corrected chi connectivity index (χ1v) is 9.25. The van der Waals surface area contributed by atoms with Gasteiger partial charge in [0.1, 0.15) is 5.76 Å². The van der Waals surface area contributed by atoms with Gasteiger partial charge in [0.15, 0.2) is 0 Å². The SMILES string of the molecule is O=C(NCc1ccco1)N1CCc2ccc(-c3ccc(C(F)(F)F)cc3)cc2C1. The third-order valence-electron chi connectivity index (χ3n) is 5.05. The molecule has 0 saturated heterocycles. The van der Waals surface area contributed by atoms with Crippen molar-refractivity contribution in [2.45, 2.75) is 25.7 Å². The highest BCUT2D eigenvalue weighted by Crippen LogP contribution is 2.32. The van der Waals surface area contributed by atoms with Gasteiger partial charge in [0.05, 0.1) is 18.4 Å². The van der Waals surface area contributed by atoms with Crippen molar-refractivity contribution in [3.63, 3.8) is 0 Å². The molecule has 150 valence electrons. The summed E-state index contributed by atoms with van der Waals surface area (Å²) in [5.74, 6) is 0.681. The highest BCUT2D eigenvalue weighted by Gasteiger charge is 2.30. The van der Waals surface area contributed by atoms with E-state index in [0.717, 1.165) is 35.2 Å². The number of alkyl halides is 3. The van der Waals surface area contributed by atoms with Crippen molar-refractivity contribution in [3.05, 3.63) is 83.3 Å². The van der Waals surface area contributed by atoms with Crippen molar-refractivity contribution in [1.29, 1.82) is 0 Å². The van der Waals surface area contributed by atoms with Gasteiger partial charge in [-0.25, -0.2) is 4.79 Å². The molecule has 0 radical (unpaired) electrons. The van der Waals surface area contributed by atoms with Crippen LogP contribution in [0.5, 0.6) is 0 Å². The van der Waals surface area contributed by atoms with Crippen molar-refractivity contribution < 1.29 is 22.4 Å². The standard InChI is InChI=1S/C22H19F3N2O2/c23-22(24,25)19-7-5-15(6-8-19)17-4-3-16-9-10-27(14-18(16)12-17)21(28)26-13-20-2-1-11-29-20/h1-8,11-12H,9-10,13-14H2,(H,26,28). The predicted molar refractivity (Wildman–Crippen MR) is 102 cm³/mol. The molecule has 1 aliphatic heterocycles. The molecule has 0 bridgehead atoms. The second kappa shape index (κ2) is 7.66. The summed E-state index contributed by atoms with van der Waals surface area (Å²) in [5, 5.41) is 2.84. The van der Waals surface area contributed by atoms with Crippen LogP contribution >= 0.6 is 0 Å². The average molecular weight is 400 g/mol. The first-order chi connectivity index (χ1) is 13.9. The lowest BCUT2D eigenvalue weighted by molar-refractivity contribution is -0.137. The van der Waals surface area contributed by atoms with Crippen molar-refractivity contribution in [2.75, 3.05) is 6.54 Å². The molecule has 4 nitrogen and oxygen atoms in total. The minimum absolute atomic E-state index is 0.174. The smallest absolute Gasteiger partial charge is 0.416 e. The summed E-state index contributed by atoms with van der Waals surface area (Å²) in [4.78, 5) is 14.2. The minimum Gasteiger partial charge on any atom is -0.467 e. The number of furan rings is 1. The molecule has 0 saturated carbocycles. The number of nitrogens with one attached hydrogen (secondary N) is 1. The summed E-state index contributed by atoms with van der Waals surface area (Å²) in [6, 6.07) is 14.4. The number of benzene rings is 2. The average Bonchev–Trinajstić information content (AvgIpc) is 3.24. The van der Waals surface area contributed by atoms with Crippen LogP contribution in [0.3, 0.4) is 0 Å². The molecule has 0 spiro atoms. The summed E-state index contributed by atoms with van der Waals surface area (Å²) in [6.07, 6.45) is -2.06. The Bertz CT molecular complexity index is 996. The quantitative estimate of drug-likeness (QED) is 0.654. The number of urea groups is 1. The van der Waals surface area contributed by atoms with Crippen molar-refractivity contribution >= 4 is 6.03 Å². The molecule has 0 unspecified atom stereocenters. The van der Waals surface area contributed by atoms with Gasteiger partial charge in [-0.05, 0) is 59.0 Å². The van der Waals surface area contributed by atoms with Crippen LogP contribution < -0.4 is 5.32 Å². The van der Waals surface area contributed by atoms with Crippen LogP contribution in [0, 0.1) is 0 Å². The fraction of sp³-hybridized carbons (Fsp3) is 0.227. The largest absolute Gasteiger partial charge is 0.467 e. The van der Waals surface area contributed by atoms with Crippen LogP contribution in [0.2, 0.25) is 0 Å². The third-order valence-corrected chi connectivity index (χ3v) is 5.05. The number of hydrogen-bond donors (Lipinski definition) is 1. The van der Waals surface area contributed by atoms with E-state index in [9.17, 15) is 18.0 Å². The number of carbonyl (C=O) groups excluding carboxylic acids is 1. The lowest BCUT2D eigenvalue weighted by Crippen LogP contribution is -2.42. The van der Waals surface area contributed by atoms with E-state index in [1.807, 2.05) is 18.2 Å². The Kier molecular flexibility index (Phi) is 5.05. The molecule has 1 N–H and O–H groups in total. The van der Waals surface area contributed by atoms with Gasteiger partial charge in [-0.3, -0.25) is 0 Å². The topological polar surface area (TPSA) is 45.5 Å². The Hall–Kier alpha value is -3.22. The fourth-order valence-corrected chi connectivity index (χ4v) is 3.45. The van der Waals surface area contributed by atoms with Gasteiger partial charge in [0.2, 0.25) is 0 Å². The molecule has 2 amide bonds. The Balaban J connectivity index is 1.47. The van der Waals surface area contributed by atoms with Gasteiger partial charge in [-0.15, -0.1) is 0 Å². The van der Waals surface area contributed by atoms with Gasteiger partial charge in [0.25, 0.3) is 0 Å². The predicted octanol–water partition coefficient (Wildman–Crippen LogP) is 5.23. The number of amides is 2. The molecule has 7 heteroatoms. The molecule has 0 aliphatic carbocycles. The van der Waals surface area contributed by atoms with Crippen LogP contribution in [-0.2, 0) is 25.7 Å². The molecule has 2 aromatic carbocycles. The zero-order chi connectivity index (χ0) is 20.4. The highest BCUT2D eigenvalue weighted by atomic mass is 19.4. The molecule has 0 fully saturated rings. The summed E-state index contributed by atoms with van der Waals surface area (Å²) in [7, 11) is 0. The van der Waals surface area contributed by atoms with Crippen LogP contribution in [0.4, 0.5) is 18.0 Å². The number of hydrogen-bond acceptors (Lipinski definition) is 2. The van der Waals surface area contributed by atoms with Crippen LogP contribution in [-0.4, -0.2) is 17.5 Å². The lowest BCUT2D eigenvalue weighted by Gasteiger charge is -2.29. The van der Waals surface area contributed by atoms with Gasteiger partial charge in [-0.2, -0.15) is 13.2 Å². The van der Waals surface area contributed by atoms with Crippen LogP contribution in [0.15, 0.2) is 65.3 Å².